The SMILES string of the molecule is CCn1c(CNC(=O)/C=C/c2cncc(C)c2)n[nH]c1=S. The number of aryl methyl sites for hydroxylation is 1. The molecule has 0 saturated heterocycles. The number of carbonyl (C=O) groups is 1. The number of H-pyrrole nitrogens is 1. The summed E-state index contributed by atoms with van der Waals surface area (Å²) >= 11 is 5.09. The topological polar surface area (TPSA) is 75.6 Å². The van der Waals surface area contributed by atoms with Gasteiger partial charge in [-0.1, -0.05) is 0 Å². The van der Waals surface area contributed by atoms with Gasteiger partial charge in [-0.3, -0.25) is 14.9 Å². The van der Waals surface area contributed by atoms with Gasteiger partial charge >= 0.3 is 0 Å². The van der Waals surface area contributed by atoms with E-state index in [-0.39, 0.29) is 5.91 Å². The van der Waals surface area contributed by atoms with Crippen LogP contribution in [0.15, 0.2) is 24.5 Å². The minimum Gasteiger partial charge on any atom is -0.345 e. The number of hydrogen-bond donors (Lipinski definition) is 2. The lowest BCUT2D eigenvalue weighted by molar-refractivity contribution is -0.116. The van der Waals surface area contributed by atoms with Crippen molar-refractivity contribution in [2.75, 3.05) is 0 Å². The second-order valence-electron chi connectivity index (χ2n) is 4.54. The molecule has 110 valence electrons. The number of aromatic nitrogens is 4. The average molecular weight is 303 g/mol. The van der Waals surface area contributed by atoms with Gasteiger partial charge in [0.25, 0.3) is 0 Å². The molecule has 0 aromatic carbocycles. The van der Waals surface area contributed by atoms with Gasteiger partial charge in [-0.05, 0) is 49.3 Å². The number of nitrogens with one attached hydrogen (secondary N) is 2. The van der Waals surface area contributed by atoms with Crippen molar-refractivity contribution in [1.29, 1.82) is 0 Å². The standard InChI is InChI=1S/C14H17N5OS/c1-3-19-12(17-18-14(19)21)9-16-13(20)5-4-11-6-10(2)7-15-8-11/h4-8H,3,9H2,1-2H3,(H,16,20)(H,18,21)/b5-4+. The lowest BCUT2D eigenvalue weighted by Gasteiger charge is -2.03. The largest absolute Gasteiger partial charge is 0.345 e. The zero-order chi connectivity index (χ0) is 15.2. The Labute approximate surface area is 127 Å². The van der Waals surface area contributed by atoms with Crippen molar-refractivity contribution in [1.82, 2.24) is 25.1 Å². The Hall–Kier alpha value is -2.28. The van der Waals surface area contributed by atoms with Gasteiger partial charge in [0.1, 0.15) is 0 Å². The molecule has 1 amide bonds. The van der Waals surface area contributed by atoms with Crippen molar-refractivity contribution in [3.05, 3.63) is 46.3 Å². The number of amides is 1. The van der Waals surface area contributed by atoms with E-state index in [1.807, 2.05) is 24.5 Å². The Bertz CT molecular complexity index is 716. The molecule has 0 saturated carbocycles. The van der Waals surface area contributed by atoms with Gasteiger partial charge in [0.15, 0.2) is 10.6 Å². The minimum absolute atomic E-state index is 0.187. The number of aromatic amines is 1. The van der Waals surface area contributed by atoms with Crippen LogP contribution in [-0.2, 0) is 17.9 Å². The summed E-state index contributed by atoms with van der Waals surface area (Å²) in [5.74, 6) is 0.523. The number of rotatable bonds is 5. The molecule has 0 spiro atoms. The van der Waals surface area contributed by atoms with Gasteiger partial charge in [-0.2, -0.15) is 5.10 Å². The molecule has 6 nitrogen and oxygen atoms in total. The summed E-state index contributed by atoms with van der Waals surface area (Å²) < 4.78 is 2.40. The van der Waals surface area contributed by atoms with Crippen molar-refractivity contribution in [3.8, 4) is 0 Å². The van der Waals surface area contributed by atoms with Crippen LogP contribution in [0.1, 0.15) is 23.9 Å². The zero-order valence-electron chi connectivity index (χ0n) is 12.0. The summed E-state index contributed by atoms with van der Waals surface area (Å²) in [5.41, 5.74) is 1.94. The summed E-state index contributed by atoms with van der Waals surface area (Å²) in [5, 5.41) is 9.58. The smallest absolute Gasteiger partial charge is 0.244 e. The number of pyridine rings is 1. The number of hydrogen-bond acceptors (Lipinski definition) is 4. The van der Waals surface area contributed by atoms with Crippen LogP contribution < -0.4 is 5.32 Å². The molecule has 2 aromatic rings. The second-order valence-corrected chi connectivity index (χ2v) is 4.92. The van der Waals surface area contributed by atoms with Gasteiger partial charge < -0.3 is 9.88 Å². The lowest BCUT2D eigenvalue weighted by Crippen LogP contribution is -2.22. The van der Waals surface area contributed by atoms with E-state index >= 15 is 0 Å². The summed E-state index contributed by atoms with van der Waals surface area (Å²) in [6.07, 6.45) is 6.68. The van der Waals surface area contributed by atoms with E-state index in [2.05, 4.69) is 20.5 Å². The Balaban J connectivity index is 1.94. The van der Waals surface area contributed by atoms with E-state index in [1.54, 1.807) is 18.5 Å². The Morgan fingerprint density at radius 1 is 1.52 bits per heavy atom. The first-order valence-electron chi connectivity index (χ1n) is 6.61. The van der Waals surface area contributed by atoms with E-state index in [0.717, 1.165) is 11.1 Å². The molecule has 0 aliphatic carbocycles. The molecule has 0 aliphatic heterocycles. The Morgan fingerprint density at radius 3 is 3.05 bits per heavy atom. The summed E-state index contributed by atoms with van der Waals surface area (Å²) in [6.45, 7) is 4.97. The van der Waals surface area contributed by atoms with Crippen LogP contribution in [0.4, 0.5) is 0 Å². The first kappa shape index (κ1) is 15.1. The van der Waals surface area contributed by atoms with E-state index in [9.17, 15) is 4.79 Å². The molecule has 0 aliphatic rings. The predicted molar refractivity (Wildman–Crippen MR) is 82.9 cm³/mol. The fourth-order valence-electron chi connectivity index (χ4n) is 1.88. The van der Waals surface area contributed by atoms with Crippen molar-refractivity contribution >= 4 is 24.2 Å². The summed E-state index contributed by atoms with van der Waals surface area (Å²) in [6, 6.07) is 1.96. The molecule has 0 bridgehead atoms. The summed E-state index contributed by atoms with van der Waals surface area (Å²) in [7, 11) is 0. The molecule has 0 atom stereocenters. The molecule has 0 radical (unpaired) electrons. The number of nitrogens with zero attached hydrogens (tertiary/aromatic N) is 3. The van der Waals surface area contributed by atoms with Gasteiger partial charge in [0.05, 0.1) is 6.54 Å². The van der Waals surface area contributed by atoms with Crippen LogP contribution in [0.3, 0.4) is 0 Å². The van der Waals surface area contributed by atoms with Crippen LogP contribution in [0.2, 0.25) is 0 Å². The molecule has 21 heavy (non-hydrogen) atoms. The summed E-state index contributed by atoms with van der Waals surface area (Å²) in [4.78, 5) is 15.9. The normalized spacial score (nSPS) is 11.0. The van der Waals surface area contributed by atoms with E-state index in [4.69, 9.17) is 12.2 Å². The lowest BCUT2D eigenvalue weighted by atomic mass is 10.2. The van der Waals surface area contributed by atoms with Crippen molar-refractivity contribution < 1.29 is 4.79 Å². The Kier molecular flexibility index (Phi) is 4.99. The molecule has 2 N–H and O–H groups in total. The van der Waals surface area contributed by atoms with Gasteiger partial charge in [0, 0.05) is 25.0 Å². The molecule has 0 unspecified atom stereocenters. The highest BCUT2D eigenvalue weighted by molar-refractivity contribution is 7.71. The third-order valence-electron chi connectivity index (χ3n) is 2.90. The van der Waals surface area contributed by atoms with E-state index in [0.29, 0.717) is 23.7 Å². The van der Waals surface area contributed by atoms with Crippen molar-refractivity contribution in [2.24, 2.45) is 0 Å². The molecule has 2 aromatic heterocycles. The maximum atomic E-state index is 11.8. The van der Waals surface area contributed by atoms with Gasteiger partial charge in [-0.15, -0.1) is 0 Å². The maximum absolute atomic E-state index is 11.8. The third-order valence-corrected chi connectivity index (χ3v) is 3.21. The first-order valence-corrected chi connectivity index (χ1v) is 7.02. The highest BCUT2D eigenvalue weighted by Crippen LogP contribution is 2.03. The minimum atomic E-state index is -0.187. The average Bonchev–Trinajstić information content (AvgIpc) is 2.83. The quantitative estimate of drug-likeness (QED) is 0.654. The molecular formula is C14H17N5OS. The molecular weight excluding hydrogens is 286 g/mol. The predicted octanol–water partition coefficient (Wildman–Crippen LogP) is 1.99. The molecule has 0 fully saturated rings. The maximum Gasteiger partial charge on any atom is 0.244 e. The Morgan fingerprint density at radius 2 is 2.33 bits per heavy atom. The van der Waals surface area contributed by atoms with E-state index in [1.165, 1.54) is 6.08 Å². The van der Waals surface area contributed by atoms with Crippen LogP contribution in [0.5, 0.6) is 0 Å². The van der Waals surface area contributed by atoms with Crippen LogP contribution in [0, 0.1) is 11.7 Å². The molecule has 7 heteroatoms. The second kappa shape index (κ2) is 6.94. The van der Waals surface area contributed by atoms with Crippen molar-refractivity contribution in [2.45, 2.75) is 26.9 Å². The van der Waals surface area contributed by atoms with E-state index < -0.39 is 0 Å². The highest BCUT2D eigenvalue weighted by Gasteiger charge is 2.05. The monoisotopic (exact) mass is 303 g/mol. The first-order chi connectivity index (χ1) is 10.1. The fourth-order valence-corrected chi connectivity index (χ4v) is 2.16. The number of carbonyl (C=O) groups excluding carboxylic acids is 1. The zero-order valence-corrected chi connectivity index (χ0v) is 12.8. The van der Waals surface area contributed by atoms with Crippen LogP contribution in [0.25, 0.3) is 6.08 Å². The third kappa shape index (κ3) is 4.09. The van der Waals surface area contributed by atoms with Gasteiger partial charge in [-0.25, -0.2) is 0 Å². The van der Waals surface area contributed by atoms with Crippen molar-refractivity contribution in [3.63, 3.8) is 0 Å². The van der Waals surface area contributed by atoms with Gasteiger partial charge in [0.2, 0.25) is 5.91 Å². The fraction of sp³-hybridized carbons (Fsp3) is 0.286. The molecule has 2 heterocycles. The highest BCUT2D eigenvalue weighted by atomic mass is 32.1. The molecule has 2 rings (SSSR count). The van der Waals surface area contributed by atoms with Crippen LogP contribution >= 0.6 is 12.2 Å². The van der Waals surface area contributed by atoms with Crippen LogP contribution in [-0.4, -0.2) is 25.7 Å².